The zero-order chi connectivity index (χ0) is 22.6. The van der Waals surface area contributed by atoms with E-state index in [9.17, 15) is 8.42 Å². The second-order valence-corrected chi connectivity index (χ2v) is 11.2. The van der Waals surface area contributed by atoms with Crippen molar-refractivity contribution in [2.24, 2.45) is 0 Å². The number of rotatable bonds is 4. The first kappa shape index (κ1) is 20.6. The van der Waals surface area contributed by atoms with Crippen LogP contribution in [0.15, 0.2) is 59.8 Å². The number of aryl methyl sites for hydroxylation is 2. The number of nitrogens with zero attached hydrogens (tertiary/aromatic N) is 4. The molecule has 0 radical (unpaired) electrons. The number of anilines is 1. The number of sulfonamides is 1. The molecule has 33 heavy (non-hydrogen) atoms. The molecule has 0 aliphatic heterocycles. The smallest absolute Gasteiger partial charge is 0.261 e. The molecule has 0 unspecified atom stereocenters. The number of benzene rings is 2. The van der Waals surface area contributed by atoms with Gasteiger partial charge in [0.25, 0.3) is 10.0 Å². The normalized spacial score (nSPS) is 14.0. The van der Waals surface area contributed by atoms with Crippen LogP contribution in [-0.2, 0) is 22.9 Å². The standard InChI is InChI=1S/C23H18ClN5O2S2/c24-15-8-10-16(11-9-15)28-33(30,31)17-5-3-4-14(12-17)21-26-22-20-18-6-1-2-7-19(18)32-23(20)25-13-29(22)27-21/h3-5,8-13,28H,1-2,6-7H2. The number of halogens is 1. The molecule has 0 atom stereocenters. The fourth-order valence-corrected chi connectivity index (χ4v) is 6.66. The van der Waals surface area contributed by atoms with Crippen LogP contribution in [-0.4, -0.2) is 28.0 Å². The van der Waals surface area contributed by atoms with Crippen LogP contribution >= 0.6 is 22.9 Å². The minimum Gasteiger partial charge on any atom is -0.280 e. The van der Waals surface area contributed by atoms with Crippen molar-refractivity contribution in [3.63, 3.8) is 0 Å². The number of nitrogens with one attached hydrogen (secondary N) is 1. The third-order valence-electron chi connectivity index (χ3n) is 5.79. The lowest BCUT2D eigenvalue weighted by molar-refractivity contribution is 0.601. The van der Waals surface area contributed by atoms with Gasteiger partial charge in [-0.15, -0.1) is 16.4 Å². The Morgan fingerprint density at radius 1 is 1.06 bits per heavy atom. The van der Waals surface area contributed by atoms with Crippen molar-refractivity contribution in [2.75, 3.05) is 4.72 Å². The van der Waals surface area contributed by atoms with Gasteiger partial charge in [0, 0.05) is 21.2 Å². The van der Waals surface area contributed by atoms with E-state index in [-0.39, 0.29) is 4.90 Å². The molecule has 0 spiro atoms. The van der Waals surface area contributed by atoms with Crippen molar-refractivity contribution in [3.05, 3.63) is 70.3 Å². The number of thiophene rings is 1. The van der Waals surface area contributed by atoms with E-state index >= 15 is 0 Å². The van der Waals surface area contributed by atoms with Crippen molar-refractivity contribution < 1.29 is 8.42 Å². The van der Waals surface area contributed by atoms with E-state index in [1.807, 2.05) is 6.07 Å². The second-order valence-electron chi connectivity index (χ2n) is 7.98. The van der Waals surface area contributed by atoms with Crippen LogP contribution in [0.5, 0.6) is 0 Å². The summed E-state index contributed by atoms with van der Waals surface area (Å²) < 4.78 is 30.2. The third-order valence-corrected chi connectivity index (χ3v) is 8.62. The number of hydrogen-bond acceptors (Lipinski definition) is 6. The molecule has 2 aromatic carbocycles. The molecule has 3 heterocycles. The first-order chi connectivity index (χ1) is 16.0. The summed E-state index contributed by atoms with van der Waals surface area (Å²) in [4.78, 5) is 11.9. The van der Waals surface area contributed by atoms with Gasteiger partial charge in [-0.05, 0) is 67.6 Å². The molecule has 5 aromatic rings. The lowest BCUT2D eigenvalue weighted by Crippen LogP contribution is -2.12. The van der Waals surface area contributed by atoms with E-state index in [1.54, 1.807) is 64.6 Å². The molecule has 6 rings (SSSR count). The Morgan fingerprint density at radius 3 is 2.73 bits per heavy atom. The Hall–Kier alpha value is -3.01. The van der Waals surface area contributed by atoms with Gasteiger partial charge in [-0.3, -0.25) is 4.72 Å². The van der Waals surface area contributed by atoms with Crippen LogP contribution in [0.25, 0.3) is 27.3 Å². The van der Waals surface area contributed by atoms with Crippen LogP contribution in [0.4, 0.5) is 5.69 Å². The fourth-order valence-electron chi connectivity index (χ4n) is 4.21. The van der Waals surface area contributed by atoms with Crippen molar-refractivity contribution in [1.29, 1.82) is 0 Å². The van der Waals surface area contributed by atoms with Gasteiger partial charge in [0.2, 0.25) is 0 Å². The highest BCUT2D eigenvalue weighted by Gasteiger charge is 2.22. The van der Waals surface area contributed by atoms with Crippen LogP contribution < -0.4 is 4.72 Å². The summed E-state index contributed by atoms with van der Waals surface area (Å²) in [5.74, 6) is 0.462. The van der Waals surface area contributed by atoms with E-state index < -0.39 is 10.0 Å². The minimum absolute atomic E-state index is 0.130. The van der Waals surface area contributed by atoms with Crippen LogP contribution in [0.1, 0.15) is 23.3 Å². The number of fused-ring (bicyclic) bond motifs is 5. The summed E-state index contributed by atoms with van der Waals surface area (Å²) in [7, 11) is -3.79. The summed E-state index contributed by atoms with van der Waals surface area (Å²) in [5.41, 5.74) is 3.16. The zero-order valence-electron chi connectivity index (χ0n) is 17.3. The number of aromatic nitrogens is 4. The molecule has 0 saturated carbocycles. The van der Waals surface area contributed by atoms with Gasteiger partial charge in [-0.2, -0.15) is 0 Å². The van der Waals surface area contributed by atoms with Crippen molar-refractivity contribution in [3.8, 4) is 11.4 Å². The SMILES string of the molecule is O=S(=O)(Nc1ccc(Cl)cc1)c1cccc(-c2nc3c4c5c(sc4ncn3n2)CCCC5)c1. The predicted molar refractivity (Wildman–Crippen MR) is 131 cm³/mol. The molecular weight excluding hydrogens is 478 g/mol. The molecule has 7 nitrogen and oxygen atoms in total. The van der Waals surface area contributed by atoms with E-state index in [4.69, 9.17) is 16.6 Å². The molecule has 0 amide bonds. The molecule has 1 aliphatic rings. The number of hydrogen-bond donors (Lipinski definition) is 1. The molecule has 0 fully saturated rings. The predicted octanol–water partition coefficient (Wildman–Crippen LogP) is 5.34. The maximum absolute atomic E-state index is 12.9. The quantitative estimate of drug-likeness (QED) is 0.363. The highest BCUT2D eigenvalue weighted by atomic mass is 35.5. The van der Waals surface area contributed by atoms with Gasteiger partial charge in [0.05, 0.1) is 10.3 Å². The van der Waals surface area contributed by atoms with E-state index in [0.29, 0.717) is 22.1 Å². The summed E-state index contributed by atoms with van der Waals surface area (Å²) in [6.07, 6.45) is 6.17. The first-order valence-corrected chi connectivity index (χ1v) is 13.2. The highest BCUT2D eigenvalue weighted by molar-refractivity contribution is 7.92. The molecule has 166 valence electrons. The van der Waals surface area contributed by atoms with Crippen LogP contribution in [0.3, 0.4) is 0 Å². The highest BCUT2D eigenvalue weighted by Crippen LogP contribution is 2.37. The molecule has 1 aliphatic carbocycles. The Bertz CT molecular complexity index is 1620. The molecule has 0 saturated heterocycles. The maximum atomic E-state index is 12.9. The Balaban J connectivity index is 1.41. The third kappa shape index (κ3) is 3.66. The van der Waals surface area contributed by atoms with Gasteiger partial charge < -0.3 is 0 Å². The van der Waals surface area contributed by atoms with Crippen molar-refractivity contribution in [1.82, 2.24) is 19.6 Å². The van der Waals surface area contributed by atoms with Gasteiger partial charge in [-0.25, -0.2) is 22.9 Å². The Kier molecular flexibility index (Phi) is 4.86. The lowest BCUT2D eigenvalue weighted by atomic mass is 9.97. The van der Waals surface area contributed by atoms with E-state index in [1.165, 1.54) is 23.3 Å². The van der Waals surface area contributed by atoms with Gasteiger partial charge in [-0.1, -0.05) is 23.7 Å². The monoisotopic (exact) mass is 495 g/mol. The first-order valence-electron chi connectivity index (χ1n) is 10.5. The largest absolute Gasteiger partial charge is 0.280 e. The molecule has 10 heteroatoms. The van der Waals surface area contributed by atoms with Gasteiger partial charge in [0.15, 0.2) is 11.5 Å². The zero-order valence-corrected chi connectivity index (χ0v) is 19.7. The van der Waals surface area contributed by atoms with Crippen molar-refractivity contribution in [2.45, 2.75) is 30.6 Å². The summed E-state index contributed by atoms with van der Waals surface area (Å²) in [6.45, 7) is 0. The summed E-state index contributed by atoms with van der Waals surface area (Å²) in [6, 6.07) is 13.1. The van der Waals surface area contributed by atoms with Crippen molar-refractivity contribution >= 4 is 54.5 Å². The lowest BCUT2D eigenvalue weighted by Gasteiger charge is -2.09. The summed E-state index contributed by atoms with van der Waals surface area (Å²) >= 11 is 7.63. The Labute approximate surface area is 199 Å². The molecule has 3 aromatic heterocycles. The van der Waals surface area contributed by atoms with Gasteiger partial charge in [0.1, 0.15) is 11.2 Å². The fraction of sp³-hybridized carbons (Fsp3) is 0.174. The average molecular weight is 496 g/mol. The maximum Gasteiger partial charge on any atom is 0.261 e. The molecular formula is C23H18ClN5O2S2. The van der Waals surface area contributed by atoms with E-state index in [0.717, 1.165) is 28.7 Å². The minimum atomic E-state index is -3.79. The van der Waals surface area contributed by atoms with Crippen LogP contribution in [0.2, 0.25) is 5.02 Å². The topological polar surface area (TPSA) is 89.2 Å². The van der Waals surface area contributed by atoms with Crippen LogP contribution in [0, 0.1) is 0 Å². The Morgan fingerprint density at radius 2 is 1.88 bits per heavy atom. The molecule has 0 bridgehead atoms. The second kappa shape index (κ2) is 7.79. The summed E-state index contributed by atoms with van der Waals surface area (Å²) in [5, 5.41) is 6.21. The van der Waals surface area contributed by atoms with Gasteiger partial charge >= 0.3 is 0 Å². The average Bonchev–Trinajstić information content (AvgIpc) is 3.42. The van der Waals surface area contributed by atoms with E-state index in [2.05, 4.69) is 14.8 Å². The molecule has 1 N–H and O–H groups in total.